The van der Waals surface area contributed by atoms with Gasteiger partial charge in [-0.1, -0.05) is 0 Å². The molecule has 3 heterocycles. The van der Waals surface area contributed by atoms with Gasteiger partial charge >= 0.3 is 11.8 Å². The molecule has 0 bridgehead atoms. The number of carbonyl (C=O) groups is 2. The van der Waals surface area contributed by atoms with E-state index in [0.717, 1.165) is 0 Å². The summed E-state index contributed by atoms with van der Waals surface area (Å²) in [5, 5.41) is 8.96. The van der Waals surface area contributed by atoms with Gasteiger partial charge in [-0.3, -0.25) is 9.59 Å². The Labute approximate surface area is 132 Å². The fourth-order valence-corrected chi connectivity index (χ4v) is 4.16. The van der Waals surface area contributed by atoms with Gasteiger partial charge in [0, 0.05) is 24.4 Å². The molecule has 1 fully saturated rings. The molecule has 1 aliphatic heterocycles. The third-order valence-corrected chi connectivity index (χ3v) is 5.61. The molecule has 2 amide bonds. The topological polar surface area (TPSA) is 123 Å². The van der Waals surface area contributed by atoms with Crippen molar-refractivity contribution >= 4 is 33.0 Å². The summed E-state index contributed by atoms with van der Waals surface area (Å²) in [5.74, 6) is -1.76. The highest BCUT2D eigenvalue weighted by Gasteiger charge is 2.38. The van der Waals surface area contributed by atoms with Crippen LogP contribution in [0.1, 0.15) is 6.92 Å². The van der Waals surface area contributed by atoms with E-state index in [0.29, 0.717) is 11.3 Å². The number of carbonyl (C=O) groups excluding carboxylic acids is 2. The van der Waals surface area contributed by atoms with Crippen LogP contribution in [0.2, 0.25) is 0 Å². The van der Waals surface area contributed by atoms with Crippen molar-refractivity contribution < 1.29 is 18.0 Å². The lowest BCUT2D eigenvalue weighted by Crippen LogP contribution is -2.52. The van der Waals surface area contributed by atoms with Crippen LogP contribution in [-0.2, 0) is 19.4 Å². The van der Waals surface area contributed by atoms with Crippen LogP contribution in [0.3, 0.4) is 0 Å². The monoisotopic (exact) mass is 337 g/mol. The number of anilines is 1. The zero-order chi connectivity index (χ0) is 16.6. The molecule has 0 spiro atoms. The van der Waals surface area contributed by atoms with Crippen LogP contribution in [0.5, 0.6) is 0 Å². The number of hydrogen-bond donors (Lipinski definition) is 2. The Bertz CT molecular complexity index is 863. The summed E-state index contributed by atoms with van der Waals surface area (Å²) >= 11 is 0. The van der Waals surface area contributed by atoms with E-state index in [1.54, 1.807) is 25.4 Å². The van der Waals surface area contributed by atoms with Gasteiger partial charge in [-0.2, -0.15) is 5.10 Å². The first-order chi connectivity index (χ1) is 10.9. The fraction of sp³-hybridized carbons (Fsp3) is 0.385. The summed E-state index contributed by atoms with van der Waals surface area (Å²) in [7, 11) is -2.97. The number of hydrogen-bond acceptors (Lipinski definition) is 6. The van der Waals surface area contributed by atoms with Crippen LogP contribution in [-0.4, -0.2) is 52.4 Å². The lowest BCUT2D eigenvalue weighted by molar-refractivity contribution is -0.136. The number of rotatable bonds is 3. The minimum atomic E-state index is -2.97. The second kappa shape index (κ2) is 5.61. The van der Waals surface area contributed by atoms with Crippen LogP contribution in [0.15, 0.2) is 24.7 Å². The van der Waals surface area contributed by atoms with Crippen molar-refractivity contribution in [1.82, 2.24) is 19.9 Å². The van der Waals surface area contributed by atoms with Crippen molar-refractivity contribution in [1.29, 1.82) is 0 Å². The smallest absolute Gasteiger partial charge is 0.313 e. The number of aromatic nitrogens is 3. The van der Waals surface area contributed by atoms with Gasteiger partial charge in [-0.15, -0.1) is 0 Å². The summed E-state index contributed by atoms with van der Waals surface area (Å²) in [5.41, 5.74) is 0.747. The largest absolute Gasteiger partial charge is 0.345 e. The fourth-order valence-electron chi connectivity index (χ4n) is 2.38. The summed E-state index contributed by atoms with van der Waals surface area (Å²) in [6.45, 7) is 1.68. The summed E-state index contributed by atoms with van der Waals surface area (Å²) in [4.78, 5) is 27.9. The molecule has 23 heavy (non-hydrogen) atoms. The second-order valence-corrected chi connectivity index (χ2v) is 7.65. The van der Waals surface area contributed by atoms with Crippen LogP contribution < -0.4 is 10.6 Å². The van der Waals surface area contributed by atoms with Gasteiger partial charge in [0.05, 0.1) is 17.7 Å². The maximum absolute atomic E-state index is 11.9. The standard InChI is InChI=1S/C13H15N5O4S/c1-8(9-6-23(21,22)7-9)16-12(19)13(20)17-10-5-15-18-4-2-3-14-11(10)18/h2-5,8-9H,6-7H2,1H3,(H,16,19)(H,17,20). The molecule has 3 rings (SSSR count). The molecular formula is C13H15N5O4S. The van der Waals surface area contributed by atoms with Gasteiger partial charge in [0.25, 0.3) is 0 Å². The third kappa shape index (κ3) is 3.16. The van der Waals surface area contributed by atoms with E-state index in [-0.39, 0.29) is 23.5 Å². The molecule has 0 radical (unpaired) electrons. The molecule has 1 atom stereocenters. The molecule has 2 N–H and O–H groups in total. The van der Waals surface area contributed by atoms with Crippen molar-refractivity contribution in [2.45, 2.75) is 13.0 Å². The normalized spacial score (nSPS) is 18.1. The Kier molecular flexibility index (Phi) is 3.76. The van der Waals surface area contributed by atoms with Crippen LogP contribution in [0.25, 0.3) is 5.65 Å². The van der Waals surface area contributed by atoms with Crippen LogP contribution in [0, 0.1) is 5.92 Å². The molecule has 1 unspecified atom stereocenters. The van der Waals surface area contributed by atoms with E-state index in [4.69, 9.17) is 0 Å². The van der Waals surface area contributed by atoms with Gasteiger partial charge in [-0.25, -0.2) is 17.9 Å². The summed E-state index contributed by atoms with van der Waals surface area (Å²) in [6, 6.07) is 1.30. The van der Waals surface area contributed by atoms with Crippen molar-refractivity contribution in [3.63, 3.8) is 0 Å². The molecule has 122 valence electrons. The van der Waals surface area contributed by atoms with Crippen molar-refractivity contribution in [2.24, 2.45) is 5.92 Å². The van der Waals surface area contributed by atoms with E-state index in [2.05, 4.69) is 20.7 Å². The average molecular weight is 337 g/mol. The highest BCUT2D eigenvalue weighted by molar-refractivity contribution is 7.92. The quantitative estimate of drug-likeness (QED) is 0.708. The Morgan fingerprint density at radius 3 is 2.78 bits per heavy atom. The van der Waals surface area contributed by atoms with E-state index in [9.17, 15) is 18.0 Å². The SMILES string of the molecule is CC(NC(=O)C(=O)Nc1cnn2cccnc12)C1CS(=O)(=O)C1. The lowest BCUT2D eigenvalue weighted by Gasteiger charge is -2.31. The third-order valence-electron chi connectivity index (χ3n) is 3.74. The molecular weight excluding hydrogens is 322 g/mol. The van der Waals surface area contributed by atoms with Crippen LogP contribution >= 0.6 is 0 Å². The van der Waals surface area contributed by atoms with Crippen molar-refractivity contribution in [2.75, 3.05) is 16.8 Å². The maximum Gasteiger partial charge on any atom is 0.313 e. The first kappa shape index (κ1) is 15.4. The molecule has 10 heteroatoms. The number of nitrogens with one attached hydrogen (secondary N) is 2. The summed E-state index contributed by atoms with van der Waals surface area (Å²) in [6.07, 6.45) is 4.61. The van der Waals surface area contributed by atoms with Crippen molar-refractivity contribution in [3.8, 4) is 0 Å². The van der Waals surface area contributed by atoms with E-state index in [1.807, 2.05) is 0 Å². The molecule has 0 aromatic carbocycles. The van der Waals surface area contributed by atoms with Gasteiger partial charge in [0.2, 0.25) is 0 Å². The van der Waals surface area contributed by atoms with E-state index >= 15 is 0 Å². The predicted molar refractivity (Wildman–Crippen MR) is 81.4 cm³/mol. The molecule has 1 aliphatic rings. The highest BCUT2D eigenvalue weighted by atomic mass is 32.2. The van der Waals surface area contributed by atoms with Crippen LogP contribution in [0.4, 0.5) is 5.69 Å². The number of nitrogens with zero attached hydrogens (tertiary/aromatic N) is 3. The lowest BCUT2D eigenvalue weighted by atomic mass is 10.1. The Balaban J connectivity index is 1.61. The Morgan fingerprint density at radius 2 is 2.09 bits per heavy atom. The average Bonchev–Trinajstić information content (AvgIpc) is 2.88. The Hall–Kier alpha value is -2.49. The summed E-state index contributed by atoms with van der Waals surface area (Å²) < 4.78 is 23.8. The van der Waals surface area contributed by atoms with Gasteiger partial charge in [0.15, 0.2) is 15.5 Å². The maximum atomic E-state index is 11.9. The molecule has 9 nitrogen and oxygen atoms in total. The molecule has 2 aromatic heterocycles. The molecule has 0 saturated carbocycles. The Morgan fingerprint density at radius 1 is 1.35 bits per heavy atom. The van der Waals surface area contributed by atoms with Gasteiger partial charge in [-0.05, 0) is 13.0 Å². The van der Waals surface area contributed by atoms with E-state index < -0.39 is 21.7 Å². The molecule has 2 aromatic rings. The molecule has 1 saturated heterocycles. The number of amides is 2. The van der Waals surface area contributed by atoms with Gasteiger partial charge < -0.3 is 10.6 Å². The molecule has 0 aliphatic carbocycles. The minimum absolute atomic E-state index is 0.0357. The zero-order valence-electron chi connectivity index (χ0n) is 12.3. The highest BCUT2D eigenvalue weighted by Crippen LogP contribution is 2.21. The second-order valence-electron chi connectivity index (χ2n) is 5.50. The first-order valence-electron chi connectivity index (χ1n) is 6.96. The number of fused-ring (bicyclic) bond motifs is 1. The van der Waals surface area contributed by atoms with Gasteiger partial charge in [0.1, 0.15) is 5.69 Å². The number of sulfone groups is 1. The van der Waals surface area contributed by atoms with E-state index in [1.165, 1.54) is 10.7 Å². The van der Waals surface area contributed by atoms with Crippen molar-refractivity contribution in [3.05, 3.63) is 24.7 Å². The minimum Gasteiger partial charge on any atom is -0.345 e. The first-order valence-corrected chi connectivity index (χ1v) is 8.78. The predicted octanol–water partition coefficient (Wildman–Crippen LogP) is -0.783. The zero-order valence-corrected chi connectivity index (χ0v) is 13.1.